The number of fused-ring (bicyclic) bond motifs is 1. The van der Waals surface area contributed by atoms with Crippen LogP contribution in [0.25, 0.3) is 0 Å². The number of nitrogens with zero attached hydrogens (tertiary/aromatic N) is 2. The van der Waals surface area contributed by atoms with Crippen LogP contribution in [0.15, 0.2) is 27.6 Å². The van der Waals surface area contributed by atoms with Crippen molar-refractivity contribution in [1.29, 1.82) is 0 Å². The van der Waals surface area contributed by atoms with E-state index in [0.717, 1.165) is 4.90 Å². The molecule has 0 bridgehead atoms. The van der Waals surface area contributed by atoms with Crippen LogP contribution in [-0.4, -0.2) is 73.5 Å². The molecule has 10 heteroatoms. The highest BCUT2D eigenvalue weighted by Gasteiger charge is 2.38. The molecule has 0 fully saturated rings. The lowest BCUT2D eigenvalue weighted by Gasteiger charge is -2.49. The fraction of sp³-hybridized carbons (Fsp3) is 0.562. The van der Waals surface area contributed by atoms with Gasteiger partial charge >= 0.3 is 6.09 Å². The van der Waals surface area contributed by atoms with Crippen molar-refractivity contribution in [3.8, 4) is 5.75 Å². The maximum atomic E-state index is 11.2. The molecule has 0 spiro atoms. The molecule has 0 aliphatic carbocycles. The van der Waals surface area contributed by atoms with E-state index in [0.29, 0.717) is 4.47 Å². The van der Waals surface area contributed by atoms with Gasteiger partial charge in [0.2, 0.25) is 0 Å². The Morgan fingerprint density at radius 2 is 2.15 bits per heavy atom. The van der Waals surface area contributed by atoms with E-state index in [2.05, 4.69) is 15.9 Å². The van der Waals surface area contributed by atoms with E-state index < -0.39 is 29.0 Å². The van der Waals surface area contributed by atoms with Gasteiger partial charge in [-0.05, 0) is 25.1 Å². The summed E-state index contributed by atoms with van der Waals surface area (Å²) in [5.74, 6) is 0.0639. The van der Waals surface area contributed by atoms with Crippen LogP contribution in [-0.2, 0) is 0 Å². The lowest BCUT2D eigenvalue weighted by atomic mass is 10.0. The summed E-state index contributed by atoms with van der Waals surface area (Å²) in [6.07, 6.45) is -1.56. The first kappa shape index (κ1) is 21.3. The third kappa shape index (κ3) is 4.44. The Balaban J connectivity index is 2.50. The molecule has 1 unspecified atom stereocenters. The van der Waals surface area contributed by atoms with E-state index in [1.165, 1.54) is 11.4 Å². The minimum atomic E-state index is -3.37. The highest BCUT2D eigenvalue weighted by atomic mass is 79.9. The average molecular weight is 453 g/mol. The molecule has 1 aromatic rings. The fourth-order valence-electron chi connectivity index (χ4n) is 2.80. The van der Waals surface area contributed by atoms with Crippen LogP contribution < -0.4 is 4.74 Å². The van der Waals surface area contributed by atoms with Crippen molar-refractivity contribution in [3.63, 3.8) is 0 Å². The minimum absolute atomic E-state index is 0.128. The Hall–Kier alpha value is -1.04. The standard InChI is InChI=1S/C16H25BrN2O6S/c1-10-7-19(11(2)9-20)26(23,24)15-5-4-12(17)6-13(15)25-14(10)8-18(3)16(21)22/h4-6,10-11,14,20,23-24H,7-9H2,1-3H3,(H,21,22)/t10-,11?,14+/m1/s1. The molecule has 0 saturated carbocycles. The number of benzene rings is 1. The summed E-state index contributed by atoms with van der Waals surface area (Å²) in [6.45, 7) is 3.69. The van der Waals surface area contributed by atoms with Crippen molar-refractivity contribution in [2.45, 2.75) is 30.9 Å². The van der Waals surface area contributed by atoms with Crippen LogP contribution >= 0.6 is 26.7 Å². The van der Waals surface area contributed by atoms with Crippen LogP contribution in [0.4, 0.5) is 4.79 Å². The van der Waals surface area contributed by atoms with E-state index >= 15 is 0 Å². The number of carboxylic acid groups (broad SMARTS) is 1. The van der Waals surface area contributed by atoms with Gasteiger partial charge in [-0.25, -0.2) is 4.79 Å². The lowest BCUT2D eigenvalue weighted by Crippen LogP contribution is -2.48. The van der Waals surface area contributed by atoms with Gasteiger partial charge in [0, 0.05) is 30.0 Å². The van der Waals surface area contributed by atoms with Gasteiger partial charge in [-0.2, -0.15) is 4.31 Å². The van der Waals surface area contributed by atoms with E-state index in [1.807, 2.05) is 6.92 Å². The fourth-order valence-corrected chi connectivity index (χ4v) is 5.03. The van der Waals surface area contributed by atoms with Gasteiger partial charge in [0.15, 0.2) is 0 Å². The zero-order valence-electron chi connectivity index (χ0n) is 14.9. The number of hydrogen-bond donors (Lipinski definition) is 4. The number of aliphatic hydroxyl groups is 1. The summed E-state index contributed by atoms with van der Waals surface area (Å²) in [4.78, 5) is 12.6. The first-order valence-electron chi connectivity index (χ1n) is 8.14. The second-order valence-electron chi connectivity index (χ2n) is 6.54. The molecule has 1 amide bonds. The SMILES string of the molecule is CC(CO)N1C[C@@H](C)[C@H](CN(C)C(=O)O)Oc2cc(Br)ccc2S1(O)O. The van der Waals surface area contributed by atoms with Gasteiger partial charge < -0.3 is 19.8 Å². The minimum Gasteiger partial charge on any atom is -0.486 e. The largest absolute Gasteiger partial charge is 0.486 e. The maximum Gasteiger partial charge on any atom is 0.407 e. The molecule has 1 aromatic carbocycles. The van der Waals surface area contributed by atoms with Gasteiger partial charge in [0.05, 0.1) is 13.2 Å². The summed E-state index contributed by atoms with van der Waals surface area (Å²) in [5.41, 5.74) is 0. The molecule has 148 valence electrons. The topological polar surface area (TPSA) is 114 Å². The second-order valence-corrected chi connectivity index (χ2v) is 9.40. The number of hydrogen-bond acceptors (Lipinski definition) is 6. The molecule has 8 nitrogen and oxygen atoms in total. The maximum absolute atomic E-state index is 11.2. The third-order valence-corrected chi connectivity index (χ3v) is 7.03. The van der Waals surface area contributed by atoms with Crippen LogP contribution in [0.3, 0.4) is 0 Å². The molecule has 0 radical (unpaired) electrons. The van der Waals surface area contributed by atoms with Crippen molar-refractivity contribution in [1.82, 2.24) is 9.21 Å². The molecule has 1 heterocycles. The number of amides is 1. The van der Waals surface area contributed by atoms with E-state index in [4.69, 9.17) is 9.84 Å². The number of ether oxygens (including phenoxy) is 1. The predicted octanol–water partition coefficient (Wildman–Crippen LogP) is 3.16. The Labute approximate surface area is 163 Å². The quantitative estimate of drug-likeness (QED) is 0.554. The molecule has 1 aliphatic rings. The second kappa shape index (κ2) is 8.32. The number of aliphatic hydroxyl groups excluding tert-OH is 1. The monoisotopic (exact) mass is 452 g/mol. The molecular formula is C16H25BrN2O6S. The van der Waals surface area contributed by atoms with Crippen LogP contribution in [0.2, 0.25) is 0 Å². The van der Waals surface area contributed by atoms with Gasteiger partial charge in [0.1, 0.15) is 16.7 Å². The molecule has 1 aliphatic heterocycles. The number of carbonyl (C=O) groups is 1. The predicted molar refractivity (Wildman–Crippen MR) is 103 cm³/mol. The zero-order chi connectivity index (χ0) is 19.6. The Morgan fingerprint density at radius 3 is 2.73 bits per heavy atom. The van der Waals surface area contributed by atoms with Crippen molar-refractivity contribution < 1.29 is 28.8 Å². The normalized spacial score (nSPS) is 25.2. The van der Waals surface area contributed by atoms with Crippen LogP contribution in [0.5, 0.6) is 5.75 Å². The summed E-state index contributed by atoms with van der Waals surface area (Å²) < 4.78 is 30.0. The van der Waals surface area contributed by atoms with Gasteiger partial charge in [0.25, 0.3) is 0 Å². The molecule has 3 atom stereocenters. The summed E-state index contributed by atoms with van der Waals surface area (Å²) in [5, 5.41) is 18.7. The van der Waals surface area contributed by atoms with Crippen molar-refractivity contribution in [2.75, 3.05) is 26.7 Å². The Bertz CT molecular complexity index is 662. The van der Waals surface area contributed by atoms with Crippen molar-refractivity contribution >= 4 is 32.8 Å². The Kier molecular flexibility index (Phi) is 6.81. The first-order valence-corrected chi connectivity index (χ1v) is 10.4. The summed E-state index contributed by atoms with van der Waals surface area (Å²) in [6, 6.07) is 4.40. The van der Waals surface area contributed by atoms with Crippen molar-refractivity contribution in [2.24, 2.45) is 5.92 Å². The van der Waals surface area contributed by atoms with Crippen LogP contribution in [0.1, 0.15) is 13.8 Å². The van der Waals surface area contributed by atoms with Crippen molar-refractivity contribution in [3.05, 3.63) is 22.7 Å². The van der Waals surface area contributed by atoms with E-state index in [1.54, 1.807) is 25.1 Å². The molecule has 4 N–H and O–H groups in total. The average Bonchev–Trinajstić information content (AvgIpc) is 2.56. The molecule has 26 heavy (non-hydrogen) atoms. The number of halogens is 1. The van der Waals surface area contributed by atoms with E-state index in [-0.39, 0.29) is 36.3 Å². The highest BCUT2D eigenvalue weighted by molar-refractivity contribution is 9.10. The summed E-state index contributed by atoms with van der Waals surface area (Å²) >= 11 is 3.35. The first-order chi connectivity index (χ1) is 12.1. The Morgan fingerprint density at radius 1 is 1.50 bits per heavy atom. The number of rotatable bonds is 4. The number of likely N-dealkylation sites (N-methyl/N-ethyl adjacent to an activating group) is 1. The third-order valence-electron chi connectivity index (χ3n) is 4.44. The van der Waals surface area contributed by atoms with Gasteiger partial charge in [-0.15, -0.1) is 10.8 Å². The summed E-state index contributed by atoms with van der Waals surface area (Å²) in [7, 11) is -1.92. The van der Waals surface area contributed by atoms with Crippen LogP contribution in [0, 0.1) is 5.92 Å². The van der Waals surface area contributed by atoms with E-state index in [9.17, 15) is 19.0 Å². The lowest BCUT2D eigenvalue weighted by molar-refractivity contribution is 0.0686. The molecule has 0 aromatic heterocycles. The zero-order valence-corrected chi connectivity index (χ0v) is 17.3. The molecular weight excluding hydrogens is 428 g/mol. The molecule has 0 saturated heterocycles. The smallest absolute Gasteiger partial charge is 0.407 e. The molecule has 2 rings (SSSR count). The highest BCUT2D eigenvalue weighted by Crippen LogP contribution is 2.57. The van der Waals surface area contributed by atoms with Gasteiger partial charge in [-0.3, -0.25) is 9.11 Å². The van der Waals surface area contributed by atoms with Gasteiger partial charge in [-0.1, -0.05) is 22.9 Å².